The molecule has 1 fully saturated rings. The first-order valence-electron chi connectivity index (χ1n) is 18.9. The van der Waals surface area contributed by atoms with Crippen molar-refractivity contribution in [3.63, 3.8) is 0 Å². The molecule has 2 aromatic heterocycles. The van der Waals surface area contributed by atoms with Crippen LogP contribution >= 0.6 is 0 Å². The highest BCUT2D eigenvalue weighted by Gasteiger charge is 2.30. The molecule has 4 heterocycles. The Kier molecular flexibility index (Phi) is 12.0. The molecule has 0 spiro atoms. The van der Waals surface area contributed by atoms with Crippen molar-refractivity contribution in [2.24, 2.45) is 5.92 Å². The smallest absolute Gasteiger partial charge is 0.253 e. The molecule has 3 aromatic carbocycles. The summed E-state index contributed by atoms with van der Waals surface area (Å²) in [4.78, 5) is 31.0. The standard InChI is InChI=1S/C43H50N6O6/c1-48(42(50)32-25-36(51-2)41(53-4)37(26-32)52-3)27-31(38-28-54-39(55-38)23-29-11-6-5-7-12-29)16-20-49-21-17-33(18-22-49)45-43-46-35-15-10-13-30(40(35)47-43)24-34-14-8-9-19-44-34/h5-15,19,25-26,28,31,33,39H,16-18,20-24,27H2,1-4H3,(H2,45,46,47). The van der Waals surface area contributed by atoms with Gasteiger partial charge in [0, 0.05) is 68.9 Å². The van der Waals surface area contributed by atoms with Gasteiger partial charge >= 0.3 is 0 Å². The van der Waals surface area contributed by atoms with E-state index in [2.05, 4.69) is 50.5 Å². The maximum absolute atomic E-state index is 13.8. The van der Waals surface area contributed by atoms with Crippen molar-refractivity contribution in [1.29, 1.82) is 0 Å². The van der Waals surface area contributed by atoms with Crippen LogP contribution in [0, 0.1) is 5.92 Å². The number of likely N-dealkylation sites (tertiary alicyclic amines) is 1. The van der Waals surface area contributed by atoms with E-state index in [1.54, 1.807) is 44.6 Å². The SMILES string of the molecule is COc1cc(C(=O)N(C)CC(CCN2CCC(Nc3nc4c(Cc5ccccn5)cccc4[nH]3)CC2)C2=COC(Cc3ccccc3)O2)cc(OC)c1OC. The minimum Gasteiger partial charge on any atom is -0.493 e. The summed E-state index contributed by atoms with van der Waals surface area (Å²) in [6.45, 7) is 3.19. The molecule has 2 aliphatic heterocycles. The molecule has 1 amide bonds. The van der Waals surface area contributed by atoms with Crippen LogP contribution in [0.1, 0.15) is 46.4 Å². The molecule has 0 radical (unpaired) electrons. The van der Waals surface area contributed by atoms with Crippen LogP contribution in [0.3, 0.4) is 0 Å². The number of carbonyl (C=O) groups is 1. The van der Waals surface area contributed by atoms with Crippen LogP contribution in [0.15, 0.2) is 97.1 Å². The Morgan fingerprint density at radius 1 is 0.982 bits per heavy atom. The summed E-state index contributed by atoms with van der Waals surface area (Å²) in [5.74, 6) is 2.62. The molecule has 5 aromatic rings. The van der Waals surface area contributed by atoms with Gasteiger partial charge < -0.3 is 43.8 Å². The van der Waals surface area contributed by atoms with Crippen molar-refractivity contribution in [1.82, 2.24) is 24.8 Å². The number of fused-ring (bicyclic) bond motifs is 1. The highest BCUT2D eigenvalue weighted by Crippen LogP contribution is 2.39. The first-order chi connectivity index (χ1) is 26.9. The quantitative estimate of drug-likeness (QED) is 0.113. The van der Waals surface area contributed by atoms with Gasteiger partial charge in [-0.05, 0) is 67.3 Å². The van der Waals surface area contributed by atoms with Gasteiger partial charge in [0.05, 0.1) is 32.4 Å². The molecule has 12 heteroatoms. The van der Waals surface area contributed by atoms with Crippen LogP contribution in [-0.4, -0.2) is 97.5 Å². The maximum Gasteiger partial charge on any atom is 0.253 e. The number of rotatable bonds is 16. The number of para-hydroxylation sites is 1. The number of hydrogen-bond donors (Lipinski definition) is 2. The Morgan fingerprint density at radius 2 is 1.75 bits per heavy atom. The maximum atomic E-state index is 13.8. The zero-order chi connectivity index (χ0) is 38.1. The highest BCUT2D eigenvalue weighted by atomic mass is 16.7. The predicted molar refractivity (Wildman–Crippen MR) is 212 cm³/mol. The molecule has 2 unspecified atom stereocenters. The topological polar surface area (TPSA) is 123 Å². The summed E-state index contributed by atoms with van der Waals surface area (Å²) in [5, 5.41) is 3.67. The second kappa shape index (κ2) is 17.6. The zero-order valence-electron chi connectivity index (χ0n) is 32.0. The lowest BCUT2D eigenvalue weighted by Gasteiger charge is -2.33. The lowest BCUT2D eigenvalue weighted by molar-refractivity contribution is -0.0377. The number of hydrogen-bond acceptors (Lipinski definition) is 10. The molecule has 288 valence electrons. The minimum atomic E-state index is -0.415. The molecule has 2 aliphatic rings. The molecular weight excluding hydrogens is 697 g/mol. The van der Waals surface area contributed by atoms with Crippen molar-refractivity contribution < 1.29 is 28.5 Å². The number of benzene rings is 3. The lowest BCUT2D eigenvalue weighted by Crippen LogP contribution is -2.41. The van der Waals surface area contributed by atoms with Gasteiger partial charge in [0.15, 0.2) is 11.5 Å². The van der Waals surface area contributed by atoms with E-state index in [0.29, 0.717) is 41.8 Å². The van der Waals surface area contributed by atoms with Gasteiger partial charge in [-0.15, -0.1) is 0 Å². The minimum absolute atomic E-state index is 0.0801. The average Bonchev–Trinajstić information content (AvgIpc) is 3.87. The van der Waals surface area contributed by atoms with Crippen LogP contribution in [-0.2, 0) is 22.3 Å². The molecule has 7 rings (SSSR count). The van der Waals surface area contributed by atoms with Crippen LogP contribution in [0.5, 0.6) is 17.2 Å². The number of methoxy groups -OCH3 is 3. The van der Waals surface area contributed by atoms with Crippen molar-refractivity contribution in [3.05, 3.63) is 119 Å². The van der Waals surface area contributed by atoms with Gasteiger partial charge in [0.25, 0.3) is 5.91 Å². The van der Waals surface area contributed by atoms with E-state index in [1.807, 2.05) is 49.6 Å². The molecule has 0 aliphatic carbocycles. The van der Waals surface area contributed by atoms with E-state index in [1.165, 1.54) is 0 Å². The first-order valence-corrected chi connectivity index (χ1v) is 18.9. The summed E-state index contributed by atoms with van der Waals surface area (Å²) in [6.07, 6.45) is 7.29. The Bertz CT molecular complexity index is 2040. The van der Waals surface area contributed by atoms with Gasteiger partial charge in [0.1, 0.15) is 12.0 Å². The van der Waals surface area contributed by atoms with Crippen LogP contribution in [0.2, 0.25) is 0 Å². The molecule has 12 nitrogen and oxygen atoms in total. The molecular formula is C43H50N6O6. The van der Waals surface area contributed by atoms with E-state index in [0.717, 1.165) is 84.9 Å². The van der Waals surface area contributed by atoms with Gasteiger partial charge in [-0.2, -0.15) is 0 Å². The number of piperidine rings is 1. The molecule has 1 saturated heterocycles. The Balaban J connectivity index is 0.979. The summed E-state index contributed by atoms with van der Waals surface area (Å²) in [5.41, 5.74) is 5.75. The first kappa shape index (κ1) is 37.6. The van der Waals surface area contributed by atoms with Crippen molar-refractivity contribution in [3.8, 4) is 17.2 Å². The van der Waals surface area contributed by atoms with E-state index >= 15 is 0 Å². The zero-order valence-corrected chi connectivity index (χ0v) is 32.0. The number of anilines is 1. The fourth-order valence-electron chi connectivity index (χ4n) is 7.43. The third-order valence-electron chi connectivity index (χ3n) is 10.4. The summed E-state index contributed by atoms with van der Waals surface area (Å²) in [7, 11) is 6.44. The Hall–Kier alpha value is -5.75. The molecule has 0 saturated carbocycles. The van der Waals surface area contributed by atoms with Gasteiger partial charge in [0.2, 0.25) is 18.0 Å². The van der Waals surface area contributed by atoms with Crippen LogP contribution in [0.4, 0.5) is 5.95 Å². The van der Waals surface area contributed by atoms with Crippen molar-refractivity contribution in [2.45, 2.75) is 44.4 Å². The van der Waals surface area contributed by atoms with Gasteiger partial charge in [-0.3, -0.25) is 9.78 Å². The second-order valence-corrected chi connectivity index (χ2v) is 14.1. The largest absolute Gasteiger partial charge is 0.493 e. The fourth-order valence-corrected chi connectivity index (χ4v) is 7.43. The molecule has 2 N–H and O–H groups in total. The second-order valence-electron chi connectivity index (χ2n) is 14.1. The highest BCUT2D eigenvalue weighted by molar-refractivity contribution is 5.95. The third-order valence-corrected chi connectivity index (χ3v) is 10.4. The number of imidazole rings is 1. The summed E-state index contributed by atoms with van der Waals surface area (Å²) in [6, 6.07) is 26.1. The fraction of sp³-hybridized carbons (Fsp3) is 0.372. The number of aromatic nitrogens is 3. The van der Waals surface area contributed by atoms with E-state index in [4.69, 9.17) is 28.7 Å². The number of ether oxygens (including phenoxy) is 5. The van der Waals surface area contributed by atoms with Crippen molar-refractivity contribution >= 4 is 22.9 Å². The van der Waals surface area contributed by atoms with Gasteiger partial charge in [-0.1, -0.05) is 48.5 Å². The number of nitrogens with zero attached hydrogens (tertiary/aromatic N) is 4. The number of aromatic amines is 1. The van der Waals surface area contributed by atoms with Crippen LogP contribution < -0.4 is 19.5 Å². The number of nitrogens with one attached hydrogen (secondary N) is 2. The van der Waals surface area contributed by atoms with Crippen molar-refractivity contribution in [2.75, 3.05) is 59.9 Å². The number of H-pyrrole nitrogens is 1. The van der Waals surface area contributed by atoms with E-state index in [9.17, 15) is 4.79 Å². The Labute approximate surface area is 322 Å². The molecule has 2 atom stereocenters. The monoisotopic (exact) mass is 746 g/mol. The lowest BCUT2D eigenvalue weighted by atomic mass is 9.99. The summed E-state index contributed by atoms with van der Waals surface area (Å²) < 4.78 is 28.9. The number of carbonyl (C=O) groups excluding carboxylic acids is 1. The molecule has 0 bridgehead atoms. The number of amides is 1. The normalized spacial score (nSPS) is 16.5. The number of pyridine rings is 1. The average molecular weight is 747 g/mol. The third kappa shape index (κ3) is 9.14. The van der Waals surface area contributed by atoms with Crippen LogP contribution in [0.25, 0.3) is 11.0 Å². The summed E-state index contributed by atoms with van der Waals surface area (Å²) >= 11 is 0. The van der Waals surface area contributed by atoms with E-state index < -0.39 is 6.29 Å². The Morgan fingerprint density at radius 3 is 2.45 bits per heavy atom. The molecule has 55 heavy (non-hydrogen) atoms. The van der Waals surface area contributed by atoms with Gasteiger partial charge in [-0.25, -0.2) is 4.98 Å². The van der Waals surface area contributed by atoms with E-state index in [-0.39, 0.29) is 11.8 Å². The predicted octanol–water partition coefficient (Wildman–Crippen LogP) is 6.69.